The monoisotopic (exact) mass is 270 g/mol. The number of nitrogens with one attached hydrogen (secondary N) is 1. The molecule has 1 heterocycles. The van der Waals surface area contributed by atoms with Crippen LogP contribution in [0.3, 0.4) is 0 Å². The molecule has 102 valence electrons. The topological polar surface area (TPSA) is 67.6 Å². The van der Waals surface area contributed by atoms with Gasteiger partial charge in [0.25, 0.3) is 0 Å². The molecule has 0 saturated heterocycles. The van der Waals surface area contributed by atoms with Gasteiger partial charge in [0.05, 0.1) is 5.56 Å². The minimum Gasteiger partial charge on any atom is -0.330 e. The molecule has 0 bridgehead atoms. The molecule has 7 heteroatoms. The number of alkyl halides is 3. The summed E-state index contributed by atoms with van der Waals surface area (Å²) in [4.78, 5) is 4.20. The Bertz CT molecular complexity index is 531. The molecule has 0 aliphatic rings. The molecule has 2 aromatic rings. The molecule has 0 atom stereocenters. The number of hydrogen-bond acceptors (Lipinski definition) is 3. The first-order chi connectivity index (χ1) is 8.99. The third-order valence-electron chi connectivity index (χ3n) is 2.60. The third kappa shape index (κ3) is 3.54. The molecule has 0 radical (unpaired) electrons. The minimum absolute atomic E-state index is 0.412. The van der Waals surface area contributed by atoms with Gasteiger partial charge in [0.1, 0.15) is 5.82 Å². The van der Waals surface area contributed by atoms with Crippen molar-refractivity contribution in [3.05, 3.63) is 47.0 Å². The van der Waals surface area contributed by atoms with E-state index in [4.69, 9.17) is 5.73 Å². The van der Waals surface area contributed by atoms with Gasteiger partial charge in [-0.2, -0.15) is 18.3 Å². The Labute approximate surface area is 107 Å². The number of aromatic nitrogens is 3. The van der Waals surface area contributed by atoms with Crippen molar-refractivity contribution in [1.29, 1.82) is 0 Å². The van der Waals surface area contributed by atoms with Gasteiger partial charge in [-0.25, -0.2) is 4.98 Å². The molecule has 0 aliphatic carbocycles. The van der Waals surface area contributed by atoms with Crippen molar-refractivity contribution in [2.24, 2.45) is 5.73 Å². The highest BCUT2D eigenvalue weighted by atomic mass is 19.4. The summed E-state index contributed by atoms with van der Waals surface area (Å²) in [6.45, 7) is 0.456. The lowest BCUT2D eigenvalue weighted by atomic mass is 10.1. The number of hydrogen-bond donors (Lipinski definition) is 2. The Morgan fingerprint density at radius 1 is 1.16 bits per heavy atom. The number of nitrogens with two attached hydrogens (primary N) is 1. The van der Waals surface area contributed by atoms with Crippen LogP contribution in [-0.4, -0.2) is 21.7 Å². The highest BCUT2D eigenvalue weighted by Crippen LogP contribution is 2.29. The Balaban J connectivity index is 2.06. The predicted octanol–water partition coefficient (Wildman–Crippen LogP) is 1.92. The van der Waals surface area contributed by atoms with Crippen LogP contribution in [0.25, 0.3) is 0 Å². The molecule has 3 N–H and O–H groups in total. The molecule has 19 heavy (non-hydrogen) atoms. The average Bonchev–Trinajstić information content (AvgIpc) is 2.77. The van der Waals surface area contributed by atoms with Gasteiger partial charge >= 0.3 is 6.18 Å². The van der Waals surface area contributed by atoms with Gasteiger partial charge in [0.15, 0.2) is 5.82 Å². The van der Waals surface area contributed by atoms with Gasteiger partial charge in [-0.1, -0.05) is 12.1 Å². The molecule has 0 saturated carbocycles. The zero-order chi connectivity index (χ0) is 13.9. The lowest BCUT2D eigenvalue weighted by Crippen LogP contribution is -2.05. The van der Waals surface area contributed by atoms with E-state index in [9.17, 15) is 13.2 Å². The van der Waals surface area contributed by atoms with E-state index in [0.29, 0.717) is 31.0 Å². The van der Waals surface area contributed by atoms with Crippen molar-refractivity contribution in [3.63, 3.8) is 0 Å². The van der Waals surface area contributed by atoms with Crippen molar-refractivity contribution < 1.29 is 13.2 Å². The Kier molecular flexibility index (Phi) is 3.84. The van der Waals surface area contributed by atoms with E-state index in [-0.39, 0.29) is 0 Å². The zero-order valence-electron chi connectivity index (χ0n) is 10.0. The molecule has 0 spiro atoms. The maximum absolute atomic E-state index is 12.4. The van der Waals surface area contributed by atoms with Crippen molar-refractivity contribution >= 4 is 0 Å². The highest BCUT2D eigenvalue weighted by molar-refractivity contribution is 5.26. The summed E-state index contributed by atoms with van der Waals surface area (Å²) in [6, 6.07) is 5.00. The zero-order valence-corrected chi connectivity index (χ0v) is 10.0. The Morgan fingerprint density at radius 3 is 2.42 bits per heavy atom. The first kappa shape index (κ1) is 13.5. The number of halogens is 3. The number of nitrogens with zero attached hydrogens (tertiary/aromatic N) is 2. The first-order valence-corrected chi connectivity index (χ1v) is 5.75. The lowest BCUT2D eigenvalue weighted by Gasteiger charge is -2.06. The Hall–Kier alpha value is -1.89. The molecular formula is C12H13F3N4. The fourth-order valence-corrected chi connectivity index (χ4v) is 1.66. The summed E-state index contributed by atoms with van der Waals surface area (Å²) >= 11 is 0. The van der Waals surface area contributed by atoms with Crippen molar-refractivity contribution in [3.8, 4) is 0 Å². The SMILES string of the molecule is NCCc1n[nH]c(Cc2ccc(C(F)(F)F)cc2)n1. The molecule has 1 aromatic carbocycles. The second-order valence-electron chi connectivity index (χ2n) is 4.11. The fraction of sp³-hybridized carbons (Fsp3) is 0.333. The first-order valence-electron chi connectivity index (χ1n) is 5.75. The van der Waals surface area contributed by atoms with Gasteiger partial charge in [-0.15, -0.1) is 0 Å². The second-order valence-corrected chi connectivity index (χ2v) is 4.11. The van der Waals surface area contributed by atoms with Crippen LogP contribution in [0.15, 0.2) is 24.3 Å². The quantitative estimate of drug-likeness (QED) is 0.891. The molecular weight excluding hydrogens is 257 g/mol. The van der Waals surface area contributed by atoms with Crippen LogP contribution in [0.4, 0.5) is 13.2 Å². The summed E-state index contributed by atoms with van der Waals surface area (Å²) in [6.07, 6.45) is -3.32. The second kappa shape index (κ2) is 5.40. The fourth-order valence-electron chi connectivity index (χ4n) is 1.66. The van der Waals surface area contributed by atoms with E-state index in [1.54, 1.807) is 0 Å². The van der Waals surface area contributed by atoms with Crippen molar-refractivity contribution in [1.82, 2.24) is 15.2 Å². The smallest absolute Gasteiger partial charge is 0.330 e. The van der Waals surface area contributed by atoms with Gasteiger partial charge in [-0.3, -0.25) is 5.10 Å². The molecule has 2 rings (SSSR count). The molecule has 0 unspecified atom stereocenters. The molecule has 4 nitrogen and oxygen atoms in total. The van der Waals surface area contributed by atoms with Crippen LogP contribution in [-0.2, 0) is 19.0 Å². The summed E-state index contributed by atoms with van der Waals surface area (Å²) in [5.41, 5.74) is 5.46. The summed E-state index contributed by atoms with van der Waals surface area (Å²) < 4.78 is 37.2. The van der Waals surface area contributed by atoms with Gasteiger partial charge in [0, 0.05) is 12.8 Å². The van der Waals surface area contributed by atoms with E-state index in [1.165, 1.54) is 12.1 Å². The summed E-state index contributed by atoms with van der Waals surface area (Å²) in [7, 11) is 0. The van der Waals surface area contributed by atoms with Crippen LogP contribution < -0.4 is 5.73 Å². The molecule has 1 aromatic heterocycles. The normalized spacial score (nSPS) is 11.8. The maximum atomic E-state index is 12.4. The van der Waals surface area contributed by atoms with E-state index in [2.05, 4.69) is 15.2 Å². The van der Waals surface area contributed by atoms with Crippen LogP contribution in [0.5, 0.6) is 0 Å². The van der Waals surface area contributed by atoms with Crippen LogP contribution >= 0.6 is 0 Å². The lowest BCUT2D eigenvalue weighted by molar-refractivity contribution is -0.137. The minimum atomic E-state index is -4.31. The Morgan fingerprint density at radius 2 is 1.84 bits per heavy atom. The van der Waals surface area contributed by atoms with Crippen LogP contribution in [0.1, 0.15) is 22.8 Å². The van der Waals surface area contributed by atoms with Gasteiger partial charge in [0.2, 0.25) is 0 Å². The maximum Gasteiger partial charge on any atom is 0.416 e. The number of H-pyrrole nitrogens is 1. The van der Waals surface area contributed by atoms with E-state index in [1.807, 2.05) is 0 Å². The van der Waals surface area contributed by atoms with Crippen molar-refractivity contribution in [2.45, 2.75) is 19.0 Å². The predicted molar refractivity (Wildman–Crippen MR) is 63.4 cm³/mol. The molecule has 0 aliphatic heterocycles. The standard InChI is InChI=1S/C12H13F3N4/c13-12(14,15)9-3-1-8(2-4-9)7-11-17-10(5-6-16)18-19-11/h1-4H,5-7,16H2,(H,17,18,19). The van der Waals surface area contributed by atoms with Crippen LogP contribution in [0.2, 0.25) is 0 Å². The number of rotatable bonds is 4. The van der Waals surface area contributed by atoms with E-state index < -0.39 is 11.7 Å². The van der Waals surface area contributed by atoms with Gasteiger partial charge in [-0.05, 0) is 24.2 Å². The van der Waals surface area contributed by atoms with E-state index >= 15 is 0 Å². The molecule has 0 amide bonds. The van der Waals surface area contributed by atoms with Crippen LogP contribution in [0, 0.1) is 0 Å². The molecule has 0 fully saturated rings. The summed E-state index contributed by atoms with van der Waals surface area (Å²) in [5, 5.41) is 6.71. The number of benzene rings is 1. The highest BCUT2D eigenvalue weighted by Gasteiger charge is 2.29. The average molecular weight is 270 g/mol. The number of aromatic amines is 1. The summed E-state index contributed by atoms with van der Waals surface area (Å²) in [5.74, 6) is 1.23. The van der Waals surface area contributed by atoms with E-state index in [0.717, 1.165) is 17.7 Å². The van der Waals surface area contributed by atoms with Crippen molar-refractivity contribution in [2.75, 3.05) is 6.54 Å². The van der Waals surface area contributed by atoms with Gasteiger partial charge < -0.3 is 5.73 Å². The third-order valence-corrected chi connectivity index (χ3v) is 2.60. The largest absolute Gasteiger partial charge is 0.416 e.